The van der Waals surface area contributed by atoms with Gasteiger partial charge >= 0.3 is 0 Å². The third-order valence-electron chi connectivity index (χ3n) is 7.47. The smallest absolute Gasteiger partial charge is 0.119 e. The van der Waals surface area contributed by atoms with Crippen LogP contribution in [0.3, 0.4) is 0 Å². The molecule has 1 heterocycles. The summed E-state index contributed by atoms with van der Waals surface area (Å²) in [4.78, 5) is 2.54. The molecule has 1 unspecified atom stereocenters. The number of nitrogens with two attached hydrogens (primary N) is 1. The molecular formula is C27H38N2O2. The number of piperidine rings is 1. The Bertz CT molecular complexity index is 781. The Morgan fingerprint density at radius 1 is 0.903 bits per heavy atom. The normalized spacial score (nSPS) is 20.6. The second-order valence-electron chi connectivity index (χ2n) is 9.34. The number of hydrogen-bond donors (Lipinski definition) is 2. The molecule has 2 aliphatic rings. The van der Waals surface area contributed by atoms with Crippen LogP contribution in [0.1, 0.15) is 56.1 Å². The standard InChI is InChI=1S/C27H38N2O2/c28-21-22-11-13-26(14-12-22)31-20-6-17-29-18-15-25(16-19-29)27(30,24-9-4-5-10-24)23-7-2-1-3-8-23/h1-3,7-8,11-14,24-25,30H,4-6,9-10,15-21,28H2. The van der Waals surface area contributed by atoms with Gasteiger partial charge in [-0.15, -0.1) is 0 Å². The molecule has 4 rings (SSSR count). The van der Waals surface area contributed by atoms with E-state index in [1.807, 2.05) is 24.3 Å². The molecule has 31 heavy (non-hydrogen) atoms. The van der Waals surface area contributed by atoms with Gasteiger partial charge in [0.25, 0.3) is 0 Å². The zero-order chi connectivity index (χ0) is 21.5. The van der Waals surface area contributed by atoms with Crippen molar-refractivity contribution >= 4 is 0 Å². The van der Waals surface area contributed by atoms with Crippen LogP contribution in [-0.4, -0.2) is 36.2 Å². The predicted octanol–water partition coefficient (Wildman–Crippen LogP) is 4.70. The fourth-order valence-corrected chi connectivity index (χ4v) is 5.67. The van der Waals surface area contributed by atoms with Gasteiger partial charge in [0.1, 0.15) is 5.75 Å². The van der Waals surface area contributed by atoms with Crippen LogP contribution >= 0.6 is 0 Å². The third-order valence-corrected chi connectivity index (χ3v) is 7.47. The molecule has 0 amide bonds. The monoisotopic (exact) mass is 422 g/mol. The summed E-state index contributed by atoms with van der Waals surface area (Å²) in [5, 5.41) is 12.0. The van der Waals surface area contributed by atoms with Gasteiger partial charge in [0, 0.05) is 13.1 Å². The molecule has 1 saturated carbocycles. The Kier molecular flexibility index (Phi) is 7.65. The Balaban J connectivity index is 1.27. The number of aliphatic hydroxyl groups is 1. The lowest BCUT2D eigenvalue weighted by molar-refractivity contribution is -0.0934. The molecule has 1 aliphatic carbocycles. The summed E-state index contributed by atoms with van der Waals surface area (Å²) in [5.74, 6) is 1.68. The maximum absolute atomic E-state index is 12.0. The van der Waals surface area contributed by atoms with Gasteiger partial charge in [-0.2, -0.15) is 0 Å². The first-order chi connectivity index (χ1) is 15.2. The molecule has 3 N–H and O–H groups in total. The molecule has 2 aromatic rings. The van der Waals surface area contributed by atoms with Crippen LogP contribution in [0, 0.1) is 11.8 Å². The van der Waals surface area contributed by atoms with Gasteiger partial charge in [0.05, 0.1) is 12.2 Å². The first-order valence-corrected chi connectivity index (χ1v) is 12.1. The molecule has 168 valence electrons. The zero-order valence-corrected chi connectivity index (χ0v) is 18.7. The Morgan fingerprint density at radius 2 is 1.55 bits per heavy atom. The van der Waals surface area contributed by atoms with E-state index in [4.69, 9.17) is 10.5 Å². The third kappa shape index (κ3) is 5.31. The van der Waals surface area contributed by atoms with Crippen LogP contribution in [-0.2, 0) is 12.1 Å². The fraction of sp³-hybridized carbons (Fsp3) is 0.556. The lowest BCUT2D eigenvalue weighted by Crippen LogP contribution is -2.47. The van der Waals surface area contributed by atoms with E-state index in [9.17, 15) is 5.11 Å². The average molecular weight is 423 g/mol. The van der Waals surface area contributed by atoms with E-state index in [0.717, 1.165) is 75.2 Å². The van der Waals surface area contributed by atoms with Crippen LogP contribution in [0.15, 0.2) is 54.6 Å². The molecule has 4 heteroatoms. The Labute approximate surface area is 187 Å². The van der Waals surface area contributed by atoms with E-state index in [1.54, 1.807) is 0 Å². The lowest BCUT2D eigenvalue weighted by atomic mass is 9.68. The van der Waals surface area contributed by atoms with Gasteiger partial charge in [0.15, 0.2) is 0 Å². The molecule has 1 atom stereocenters. The van der Waals surface area contributed by atoms with Gasteiger partial charge in [-0.05, 0) is 80.3 Å². The fourth-order valence-electron chi connectivity index (χ4n) is 5.67. The minimum Gasteiger partial charge on any atom is -0.494 e. The number of rotatable bonds is 9. The molecule has 0 radical (unpaired) electrons. The molecule has 2 aromatic carbocycles. The first kappa shape index (κ1) is 22.3. The maximum atomic E-state index is 12.0. The van der Waals surface area contributed by atoms with E-state index < -0.39 is 5.60 Å². The summed E-state index contributed by atoms with van der Waals surface area (Å²) in [6, 6.07) is 18.5. The summed E-state index contributed by atoms with van der Waals surface area (Å²) < 4.78 is 5.89. The summed E-state index contributed by atoms with van der Waals surface area (Å²) in [6.45, 7) is 4.49. The average Bonchev–Trinajstić information content (AvgIpc) is 3.38. The summed E-state index contributed by atoms with van der Waals surface area (Å²) in [7, 11) is 0. The molecule has 0 aromatic heterocycles. The summed E-state index contributed by atoms with van der Waals surface area (Å²) in [6.07, 6.45) is 8.01. The summed E-state index contributed by atoms with van der Waals surface area (Å²) in [5.41, 5.74) is 7.24. The molecular weight excluding hydrogens is 384 g/mol. The van der Waals surface area contributed by atoms with Gasteiger partial charge in [-0.25, -0.2) is 0 Å². The highest BCUT2D eigenvalue weighted by atomic mass is 16.5. The second kappa shape index (κ2) is 10.6. The topological polar surface area (TPSA) is 58.7 Å². The van der Waals surface area contributed by atoms with E-state index in [2.05, 4.69) is 35.2 Å². The molecule has 4 nitrogen and oxygen atoms in total. The predicted molar refractivity (Wildman–Crippen MR) is 126 cm³/mol. The highest BCUT2D eigenvalue weighted by Gasteiger charge is 2.46. The molecule has 0 bridgehead atoms. The highest BCUT2D eigenvalue weighted by molar-refractivity contribution is 5.27. The van der Waals surface area contributed by atoms with Crippen molar-refractivity contribution in [1.29, 1.82) is 0 Å². The van der Waals surface area contributed by atoms with Crippen molar-refractivity contribution in [2.24, 2.45) is 17.6 Å². The quantitative estimate of drug-likeness (QED) is 0.575. The van der Waals surface area contributed by atoms with Crippen LogP contribution < -0.4 is 10.5 Å². The number of nitrogens with zero attached hydrogens (tertiary/aromatic N) is 1. The van der Waals surface area contributed by atoms with Crippen LogP contribution in [0.25, 0.3) is 0 Å². The largest absolute Gasteiger partial charge is 0.494 e. The van der Waals surface area contributed by atoms with Crippen molar-refractivity contribution in [3.63, 3.8) is 0 Å². The molecule has 1 saturated heterocycles. The minimum atomic E-state index is -0.664. The second-order valence-corrected chi connectivity index (χ2v) is 9.34. The van der Waals surface area contributed by atoms with E-state index in [0.29, 0.717) is 18.4 Å². The van der Waals surface area contributed by atoms with E-state index in [-0.39, 0.29) is 0 Å². The number of benzene rings is 2. The minimum absolute atomic E-state index is 0.353. The van der Waals surface area contributed by atoms with Crippen LogP contribution in [0.2, 0.25) is 0 Å². The van der Waals surface area contributed by atoms with Gasteiger partial charge in [-0.3, -0.25) is 0 Å². The molecule has 2 fully saturated rings. The van der Waals surface area contributed by atoms with Crippen LogP contribution in [0.5, 0.6) is 5.75 Å². The van der Waals surface area contributed by atoms with E-state index >= 15 is 0 Å². The molecule has 0 spiro atoms. The van der Waals surface area contributed by atoms with Crippen LogP contribution in [0.4, 0.5) is 0 Å². The number of likely N-dealkylation sites (tertiary alicyclic amines) is 1. The van der Waals surface area contributed by atoms with Gasteiger partial charge < -0.3 is 20.5 Å². The Hall–Kier alpha value is -1.88. The highest BCUT2D eigenvalue weighted by Crippen LogP contribution is 2.48. The number of ether oxygens (including phenoxy) is 1. The SMILES string of the molecule is NCc1ccc(OCCCN2CCC(C(O)(c3ccccc3)C3CCCC3)CC2)cc1. The number of hydrogen-bond acceptors (Lipinski definition) is 4. The van der Waals surface area contributed by atoms with Crippen molar-refractivity contribution in [1.82, 2.24) is 4.90 Å². The van der Waals surface area contributed by atoms with Crippen molar-refractivity contribution < 1.29 is 9.84 Å². The van der Waals surface area contributed by atoms with Gasteiger partial charge in [-0.1, -0.05) is 55.3 Å². The van der Waals surface area contributed by atoms with Crippen molar-refractivity contribution in [3.8, 4) is 5.75 Å². The first-order valence-electron chi connectivity index (χ1n) is 12.1. The van der Waals surface area contributed by atoms with Crippen molar-refractivity contribution in [3.05, 3.63) is 65.7 Å². The summed E-state index contributed by atoms with van der Waals surface area (Å²) >= 11 is 0. The Morgan fingerprint density at radius 3 is 2.19 bits per heavy atom. The maximum Gasteiger partial charge on any atom is 0.119 e. The van der Waals surface area contributed by atoms with Gasteiger partial charge in [0.2, 0.25) is 0 Å². The van der Waals surface area contributed by atoms with Crippen molar-refractivity contribution in [2.45, 2.75) is 57.1 Å². The van der Waals surface area contributed by atoms with Crippen molar-refractivity contribution in [2.75, 3.05) is 26.2 Å². The lowest BCUT2D eigenvalue weighted by Gasteiger charge is -2.45. The molecule has 1 aliphatic heterocycles. The zero-order valence-electron chi connectivity index (χ0n) is 18.7. The van der Waals surface area contributed by atoms with E-state index in [1.165, 1.54) is 12.8 Å².